The van der Waals surface area contributed by atoms with Crippen molar-refractivity contribution in [2.45, 2.75) is 32.1 Å². The number of hydrogen-bond donors (Lipinski definition) is 2. The van der Waals surface area contributed by atoms with Gasteiger partial charge in [-0.3, -0.25) is 9.69 Å². The molecular weight excluding hydrogens is 214 g/mol. The molecule has 0 aromatic rings. The highest BCUT2D eigenvalue weighted by molar-refractivity contribution is 5.76. The lowest BCUT2D eigenvalue weighted by molar-refractivity contribution is -0.122. The molecule has 1 saturated carbocycles. The van der Waals surface area contributed by atoms with Gasteiger partial charge in [-0.05, 0) is 18.8 Å². The fourth-order valence-corrected chi connectivity index (χ4v) is 2.84. The molecule has 2 fully saturated rings. The summed E-state index contributed by atoms with van der Waals surface area (Å²) in [6.07, 6.45) is 5.90. The minimum atomic E-state index is 0.257. The minimum Gasteiger partial charge on any atom is -0.355 e. The number of carbonyl (C=O) groups is 1. The summed E-state index contributed by atoms with van der Waals surface area (Å²) in [5, 5.41) is 6.39. The van der Waals surface area contributed by atoms with Gasteiger partial charge in [-0.15, -0.1) is 0 Å². The molecule has 1 aliphatic heterocycles. The number of rotatable bonds is 5. The smallest absolute Gasteiger partial charge is 0.220 e. The molecular formula is C13H25N3O. The van der Waals surface area contributed by atoms with E-state index in [0.29, 0.717) is 5.92 Å². The van der Waals surface area contributed by atoms with Crippen LogP contribution in [0.4, 0.5) is 0 Å². The third-order valence-electron chi connectivity index (χ3n) is 3.91. The number of piperazine rings is 1. The monoisotopic (exact) mass is 239 g/mol. The minimum absolute atomic E-state index is 0.257. The van der Waals surface area contributed by atoms with Crippen LogP contribution >= 0.6 is 0 Å². The highest BCUT2D eigenvalue weighted by Gasteiger charge is 2.18. The van der Waals surface area contributed by atoms with E-state index in [4.69, 9.17) is 0 Å². The molecule has 4 nitrogen and oxygen atoms in total. The molecule has 2 N–H and O–H groups in total. The van der Waals surface area contributed by atoms with Gasteiger partial charge in [0, 0.05) is 45.7 Å². The van der Waals surface area contributed by atoms with Crippen LogP contribution in [0.3, 0.4) is 0 Å². The molecule has 2 aliphatic rings. The quantitative estimate of drug-likeness (QED) is 0.738. The van der Waals surface area contributed by atoms with Gasteiger partial charge in [0.05, 0.1) is 0 Å². The summed E-state index contributed by atoms with van der Waals surface area (Å²) in [6.45, 7) is 6.19. The summed E-state index contributed by atoms with van der Waals surface area (Å²) in [6, 6.07) is 0. The maximum atomic E-state index is 11.7. The van der Waals surface area contributed by atoms with Crippen LogP contribution in [0.1, 0.15) is 32.1 Å². The average Bonchev–Trinajstić information content (AvgIpc) is 2.83. The number of hydrogen-bond acceptors (Lipinski definition) is 3. The average molecular weight is 239 g/mol. The first-order valence-electron chi connectivity index (χ1n) is 7.04. The van der Waals surface area contributed by atoms with Crippen molar-refractivity contribution in [1.82, 2.24) is 15.5 Å². The standard InChI is InChI=1S/C13H25N3O/c17-13(11-12-3-1-2-4-12)15-7-10-16-8-5-14-6-9-16/h12,14H,1-11H2,(H,15,17). The summed E-state index contributed by atoms with van der Waals surface area (Å²) in [5.74, 6) is 0.918. The van der Waals surface area contributed by atoms with Crippen molar-refractivity contribution in [2.24, 2.45) is 5.92 Å². The van der Waals surface area contributed by atoms with E-state index in [0.717, 1.165) is 45.7 Å². The third-order valence-corrected chi connectivity index (χ3v) is 3.91. The number of nitrogens with zero attached hydrogens (tertiary/aromatic N) is 1. The van der Waals surface area contributed by atoms with Gasteiger partial charge in [0.2, 0.25) is 5.91 Å². The van der Waals surface area contributed by atoms with Crippen LogP contribution in [0.2, 0.25) is 0 Å². The first kappa shape index (κ1) is 12.8. The molecule has 1 saturated heterocycles. The fourth-order valence-electron chi connectivity index (χ4n) is 2.84. The Bertz CT molecular complexity index is 233. The molecule has 0 atom stereocenters. The van der Waals surface area contributed by atoms with Gasteiger partial charge in [-0.2, -0.15) is 0 Å². The van der Waals surface area contributed by atoms with E-state index in [1.807, 2.05) is 0 Å². The second kappa shape index (κ2) is 6.97. The highest BCUT2D eigenvalue weighted by atomic mass is 16.1. The van der Waals surface area contributed by atoms with Crippen molar-refractivity contribution in [2.75, 3.05) is 39.3 Å². The zero-order chi connectivity index (χ0) is 11.9. The predicted octanol–water partition coefficient (Wildman–Crippen LogP) is 0.588. The van der Waals surface area contributed by atoms with Crippen molar-refractivity contribution >= 4 is 5.91 Å². The van der Waals surface area contributed by atoms with Gasteiger partial charge in [-0.25, -0.2) is 0 Å². The molecule has 1 heterocycles. The summed E-state index contributed by atoms with van der Waals surface area (Å²) < 4.78 is 0. The zero-order valence-corrected chi connectivity index (χ0v) is 10.7. The van der Waals surface area contributed by atoms with Crippen LogP contribution in [0.25, 0.3) is 0 Å². The van der Waals surface area contributed by atoms with E-state index >= 15 is 0 Å². The number of amides is 1. The SMILES string of the molecule is O=C(CC1CCCC1)NCCN1CCNCC1. The molecule has 98 valence electrons. The van der Waals surface area contributed by atoms with E-state index in [2.05, 4.69) is 15.5 Å². The van der Waals surface area contributed by atoms with Crippen molar-refractivity contribution in [3.63, 3.8) is 0 Å². The van der Waals surface area contributed by atoms with Gasteiger partial charge in [0.15, 0.2) is 0 Å². The summed E-state index contributed by atoms with van der Waals surface area (Å²) in [5.41, 5.74) is 0. The van der Waals surface area contributed by atoms with Crippen LogP contribution in [0.15, 0.2) is 0 Å². The first-order chi connectivity index (χ1) is 8.34. The van der Waals surface area contributed by atoms with Gasteiger partial charge >= 0.3 is 0 Å². The lowest BCUT2D eigenvalue weighted by Crippen LogP contribution is -2.46. The van der Waals surface area contributed by atoms with E-state index in [-0.39, 0.29) is 5.91 Å². The second-order valence-corrected chi connectivity index (χ2v) is 5.30. The largest absolute Gasteiger partial charge is 0.355 e. The molecule has 4 heteroatoms. The third kappa shape index (κ3) is 4.64. The molecule has 2 rings (SSSR count). The fraction of sp³-hybridized carbons (Fsp3) is 0.923. The highest BCUT2D eigenvalue weighted by Crippen LogP contribution is 2.27. The Balaban J connectivity index is 1.53. The normalized spacial score (nSPS) is 22.8. The van der Waals surface area contributed by atoms with Crippen LogP contribution in [0.5, 0.6) is 0 Å². The van der Waals surface area contributed by atoms with E-state index in [1.165, 1.54) is 25.7 Å². The van der Waals surface area contributed by atoms with E-state index in [9.17, 15) is 4.79 Å². The first-order valence-corrected chi connectivity index (χ1v) is 7.04. The summed E-state index contributed by atoms with van der Waals surface area (Å²) in [4.78, 5) is 14.1. The van der Waals surface area contributed by atoms with Crippen LogP contribution < -0.4 is 10.6 Å². The van der Waals surface area contributed by atoms with Gasteiger partial charge in [0.1, 0.15) is 0 Å². The van der Waals surface area contributed by atoms with Crippen molar-refractivity contribution < 1.29 is 4.79 Å². The van der Waals surface area contributed by atoms with Crippen LogP contribution in [-0.4, -0.2) is 50.1 Å². The van der Waals surface area contributed by atoms with Crippen molar-refractivity contribution in [3.8, 4) is 0 Å². The van der Waals surface area contributed by atoms with Gasteiger partial charge in [-0.1, -0.05) is 12.8 Å². The Kier molecular flexibility index (Phi) is 5.26. The molecule has 0 bridgehead atoms. The second-order valence-electron chi connectivity index (χ2n) is 5.30. The van der Waals surface area contributed by atoms with E-state index in [1.54, 1.807) is 0 Å². The summed E-state index contributed by atoms with van der Waals surface area (Å²) in [7, 11) is 0. The summed E-state index contributed by atoms with van der Waals surface area (Å²) >= 11 is 0. The van der Waals surface area contributed by atoms with Gasteiger partial charge < -0.3 is 10.6 Å². The molecule has 0 unspecified atom stereocenters. The Morgan fingerprint density at radius 3 is 2.65 bits per heavy atom. The Morgan fingerprint density at radius 1 is 1.24 bits per heavy atom. The molecule has 1 aliphatic carbocycles. The lowest BCUT2D eigenvalue weighted by atomic mass is 10.0. The number of nitrogens with one attached hydrogen (secondary N) is 2. The Morgan fingerprint density at radius 2 is 1.94 bits per heavy atom. The number of carbonyl (C=O) groups excluding carboxylic acids is 1. The van der Waals surface area contributed by atoms with Gasteiger partial charge in [0.25, 0.3) is 0 Å². The zero-order valence-electron chi connectivity index (χ0n) is 10.7. The molecule has 0 spiro atoms. The van der Waals surface area contributed by atoms with Crippen LogP contribution in [0, 0.1) is 5.92 Å². The predicted molar refractivity (Wildman–Crippen MR) is 68.9 cm³/mol. The maximum absolute atomic E-state index is 11.7. The molecule has 17 heavy (non-hydrogen) atoms. The molecule has 0 aromatic heterocycles. The van der Waals surface area contributed by atoms with Crippen LogP contribution in [-0.2, 0) is 4.79 Å². The molecule has 1 amide bonds. The van der Waals surface area contributed by atoms with E-state index < -0.39 is 0 Å². The van der Waals surface area contributed by atoms with Crippen molar-refractivity contribution in [1.29, 1.82) is 0 Å². The molecule has 0 radical (unpaired) electrons. The Hall–Kier alpha value is -0.610. The van der Waals surface area contributed by atoms with Crippen molar-refractivity contribution in [3.05, 3.63) is 0 Å². The Labute approximate surface area is 104 Å². The molecule has 0 aromatic carbocycles. The maximum Gasteiger partial charge on any atom is 0.220 e. The topological polar surface area (TPSA) is 44.4 Å². The lowest BCUT2D eigenvalue weighted by Gasteiger charge is -2.27.